The van der Waals surface area contributed by atoms with E-state index in [0.29, 0.717) is 5.25 Å². The highest BCUT2D eigenvalue weighted by molar-refractivity contribution is 8.03. The van der Waals surface area contributed by atoms with Gasteiger partial charge in [0.15, 0.2) is 0 Å². The van der Waals surface area contributed by atoms with Gasteiger partial charge in [-0.1, -0.05) is 24.3 Å². The SMILES string of the molecule is COc1cccc(SCC2Cc3ccccc3S2)c1. The summed E-state index contributed by atoms with van der Waals surface area (Å²) < 4.78 is 5.26. The second-order valence-corrected chi connectivity index (χ2v) is 6.98. The average molecular weight is 288 g/mol. The van der Waals surface area contributed by atoms with Crippen molar-refractivity contribution in [3.05, 3.63) is 54.1 Å². The van der Waals surface area contributed by atoms with Crippen LogP contribution in [0.4, 0.5) is 0 Å². The third-order valence-electron chi connectivity index (χ3n) is 3.19. The molecule has 0 spiro atoms. The van der Waals surface area contributed by atoms with Crippen LogP contribution in [0.15, 0.2) is 58.3 Å². The number of ether oxygens (including phenoxy) is 1. The van der Waals surface area contributed by atoms with Gasteiger partial charge in [0, 0.05) is 20.8 Å². The van der Waals surface area contributed by atoms with Gasteiger partial charge in [-0.2, -0.15) is 0 Å². The van der Waals surface area contributed by atoms with Crippen LogP contribution in [-0.4, -0.2) is 18.1 Å². The highest BCUT2D eigenvalue weighted by Gasteiger charge is 2.21. The van der Waals surface area contributed by atoms with Crippen molar-refractivity contribution in [2.24, 2.45) is 0 Å². The molecule has 0 saturated carbocycles. The smallest absolute Gasteiger partial charge is 0.119 e. The molecule has 0 aromatic heterocycles. The van der Waals surface area contributed by atoms with Crippen molar-refractivity contribution >= 4 is 23.5 Å². The third-order valence-corrected chi connectivity index (χ3v) is 5.88. The average Bonchev–Trinajstić information content (AvgIpc) is 2.88. The summed E-state index contributed by atoms with van der Waals surface area (Å²) in [6, 6.07) is 17.1. The highest BCUT2D eigenvalue weighted by Crippen LogP contribution is 2.39. The first-order chi connectivity index (χ1) is 9.35. The lowest BCUT2D eigenvalue weighted by Crippen LogP contribution is -2.03. The Hall–Kier alpha value is -1.06. The Kier molecular flexibility index (Phi) is 4.04. The summed E-state index contributed by atoms with van der Waals surface area (Å²) in [7, 11) is 1.72. The van der Waals surface area contributed by atoms with Gasteiger partial charge in [0.05, 0.1) is 7.11 Å². The number of benzene rings is 2. The van der Waals surface area contributed by atoms with Gasteiger partial charge in [0.25, 0.3) is 0 Å². The van der Waals surface area contributed by atoms with Crippen LogP contribution < -0.4 is 4.74 Å². The summed E-state index contributed by atoms with van der Waals surface area (Å²) in [5.74, 6) is 2.08. The summed E-state index contributed by atoms with van der Waals surface area (Å²) in [5, 5.41) is 0.689. The number of rotatable bonds is 4. The first-order valence-electron chi connectivity index (χ1n) is 6.36. The summed E-state index contributed by atoms with van der Waals surface area (Å²) in [5.41, 5.74) is 1.50. The normalized spacial score (nSPS) is 17.2. The Bertz CT molecular complexity index is 543. The molecular weight excluding hydrogens is 272 g/mol. The lowest BCUT2D eigenvalue weighted by atomic mass is 10.1. The first-order valence-corrected chi connectivity index (χ1v) is 8.23. The molecule has 19 heavy (non-hydrogen) atoms. The minimum absolute atomic E-state index is 0.689. The maximum Gasteiger partial charge on any atom is 0.119 e. The van der Waals surface area contributed by atoms with E-state index in [9.17, 15) is 0 Å². The van der Waals surface area contributed by atoms with Gasteiger partial charge in [-0.25, -0.2) is 0 Å². The van der Waals surface area contributed by atoms with Crippen molar-refractivity contribution < 1.29 is 4.74 Å². The summed E-state index contributed by atoms with van der Waals surface area (Å²) in [6.07, 6.45) is 1.19. The quantitative estimate of drug-likeness (QED) is 0.766. The minimum atomic E-state index is 0.689. The topological polar surface area (TPSA) is 9.23 Å². The molecule has 2 aromatic carbocycles. The maximum atomic E-state index is 5.26. The van der Waals surface area contributed by atoms with Crippen LogP contribution in [0.25, 0.3) is 0 Å². The van der Waals surface area contributed by atoms with Crippen molar-refractivity contribution in [2.45, 2.75) is 21.5 Å². The fourth-order valence-electron chi connectivity index (χ4n) is 2.23. The fraction of sp³-hybridized carbons (Fsp3) is 0.250. The van der Waals surface area contributed by atoms with E-state index >= 15 is 0 Å². The molecule has 1 nitrogen and oxygen atoms in total. The Morgan fingerprint density at radius 1 is 1.21 bits per heavy atom. The Morgan fingerprint density at radius 2 is 2.11 bits per heavy atom. The fourth-order valence-corrected chi connectivity index (χ4v) is 4.66. The van der Waals surface area contributed by atoms with E-state index in [1.807, 2.05) is 29.6 Å². The van der Waals surface area contributed by atoms with Gasteiger partial charge in [-0.05, 0) is 36.2 Å². The second kappa shape index (κ2) is 5.93. The van der Waals surface area contributed by atoms with E-state index in [2.05, 4.69) is 42.5 Å². The van der Waals surface area contributed by atoms with Crippen molar-refractivity contribution in [1.82, 2.24) is 0 Å². The second-order valence-electron chi connectivity index (χ2n) is 4.54. The largest absolute Gasteiger partial charge is 0.497 e. The molecule has 0 aliphatic carbocycles. The molecule has 1 unspecified atom stereocenters. The molecule has 0 saturated heterocycles. The van der Waals surface area contributed by atoms with Crippen LogP contribution in [-0.2, 0) is 6.42 Å². The van der Waals surface area contributed by atoms with E-state index < -0.39 is 0 Å². The molecule has 1 atom stereocenters. The maximum absolute atomic E-state index is 5.26. The Morgan fingerprint density at radius 3 is 2.95 bits per heavy atom. The molecule has 98 valence electrons. The van der Waals surface area contributed by atoms with Gasteiger partial charge in [-0.3, -0.25) is 0 Å². The van der Waals surface area contributed by atoms with Crippen molar-refractivity contribution in [3.63, 3.8) is 0 Å². The lowest BCUT2D eigenvalue weighted by molar-refractivity contribution is 0.413. The molecule has 0 amide bonds. The predicted octanol–water partition coefficient (Wildman–Crippen LogP) is 4.50. The van der Waals surface area contributed by atoms with Crippen LogP contribution in [0.5, 0.6) is 5.75 Å². The van der Waals surface area contributed by atoms with Gasteiger partial charge in [0.2, 0.25) is 0 Å². The van der Waals surface area contributed by atoms with Crippen LogP contribution in [0.1, 0.15) is 5.56 Å². The predicted molar refractivity (Wildman–Crippen MR) is 83.5 cm³/mol. The van der Waals surface area contributed by atoms with Gasteiger partial charge < -0.3 is 4.74 Å². The molecule has 0 N–H and O–H groups in total. The van der Waals surface area contributed by atoms with Crippen molar-refractivity contribution in [1.29, 1.82) is 0 Å². The van der Waals surface area contributed by atoms with E-state index in [1.165, 1.54) is 21.8 Å². The molecule has 1 aliphatic heterocycles. The van der Waals surface area contributed by atoms with E-state index in [4.69, 9.17) is 4.74 Å². The number of methoxy groups -OCH3 is 1. The van der Waals surface area contributed by atoms with Crippen LogP contribution >= 0.6 is 23.5 Å². The number of hydrogen-bond acceptors (Lipinski definition) is 3. The Balaban J connectivity index is 1.59. The van der Waals surface area contributed by atoms with Gasteiger partial charge in [-0.15, -0.1) is 23.5 Å². The van der Waals surface area contributed by atoms with E-state index in [0.717, 1.165) is 11.5 Å². The number of thioether (sulfide) groups is 2. The monoisotopic (exact) mass is 288 g/mol. The molecule has 0 bridgehead atoms. The summed E-state index contributed by atoms with van der Waals surface area (Å²) in [6.45, 7) is 0. The van der Waals surface area contributed by atoms with Crippen molar-refractivity contribution in [2.75, 3.05) is 12.9 Å². The number of fused-ring (bicyclic) bond motifs is 1. The van der Waals surface area contributed by atoms with Crippen LogP contribution in [0.2, 0.25) is 0 Å². The minimum Gasteiger partial charge on any atom is -0.497 e. The molecule has 2 aromatic rings. The summed E-state index contributed by atoms with van der Waals surface area (Å²) >= 11 is 3.93. The zero-order valence-electron chi connectivity index (χ0n) is 10.8. The number of hydrogen-bond donors (Lipinski definition) is 0. The zero-order valence-corrected chi connectivity index (χ0v) is 12.5. The van der Waals surface area contributed by atoms with Gasteiger partial charge in [0.1, 0.15) is 5.75 Å². The van der Waals surface area contributed by atoms with E-state index in [1.54, 1.807) is 7.11 Å². The summed E-state index contributed by atoms with van der Waals surface area (Å²) in [4.78, 5) is 2.75. The lowest BCUT2D eigenvalue weighted by Gasteiger charge is -2.08. The third kappa shape index (κ3) is 3.10. The molecule has 3 rings (SSSR count). The van der Waals surface area contributed by atoms with Gasteiger partial charge >= 0.3 is 0 Å². The molecule has 1 aliphatic rings. The zero-order chi connectivity index (χ0) is 13.1. The van der Waals surface area contributed by atoms with Crippen molar-refractivity contribution in [3.8, 4) is 5.75 Å². The standard InChI is InChI=1S/C16H16OS2/c1-17-13-6-4-7-14(10-13)18-11-15-9-12-5-2-3-8-16(12)19-15/h2-8,10,15H,9,11H2,1H3. The molecular formula is C16H16OS2. The van der Waals surface area contributed by atoms with E-state index in [-0.39, 0.29) is 0 Å². The highest BCUT2D eigenvalue weighted by atomic mass is 32.2. The molecule has 3 heteroatoms. The van der Waals surface area contributed by atoms with Crippen LogP contribution in [0, 0.1) is 0 Å². The Labute approximate surface area is 122 Å². The molecule has 1 heterocycles. The molecule has 0 fully saturated rings. The first kappa shape index (κ1) is 12.9. The van der Waals surface area contributed by atoms with Crippen LogP contribution in [0.3, 0.4) is 0 Å². The molecule has 0 radical (unpaired) electrons.